The summed E-state index contributed by atoms with van der Waals surface area (Å²) >= 11 is 0. The van der Waals surface area contributed by atoms with Gasteiger partial charge in [0.2, 0.25) is 0 Å². The van der Waals surface area contributed by atoms with E-state index in [0.29, 0.717) is 6.04 Å². The minimum atomic E-state index is 0.442. The summed E-state index contributed by atoms with van der Waals surface area (Å²) in [6, 6.07) is 0.442. The molecule has 1 aromatic rings. The SMILES string of the molecule is CCn1ncnc1CN(C)CC1CC(N)C1. The van der Waals surface area contributed by atoms with E-state index in [4.69, 9.17) is 5.73 Å². The molecule has 0 spiro atoms. The highest BCUT2D eigenvalue weighted by molar-refractivity contribution is 4.87. The minimum Gasteiger partial charge on any atom is -0.328 e. The summed E-state index contributed by atoms with van der Waals surface area (Å²) in [5.41, 5.74) is 5.78. The minimum absolute atomic E-state index is 0.442. The van der Waals surface area contributed by atoms with Crippen LogP contribution in [0.1, 0.15) is 25.6 Å². The van der Waals surface area contributed by atoms with Gasteiger partial charge in [-0.05, 0) is 32.7 Å². The van der Waals surface area contributed by atoms with Crippen LogP contribution in [0.3, 0.4) is 0 Å². The second-order valence-corrected chi connectivity index (χ2v) is 4.79. The van der Waals surface area contributed by atoms with Crippen molar-refractivity contribution in [3.63, 3.8) is 0 Å². The fourth-order valence-electron chi connectivity index (χ4n) is 2.36. The molecule has 0 atom stereocenters. The van der Waals surface area contributed by atoms with E-state index in [-0.39, 0.29) is 0 Å². The third kappa shape index (κ3) is 2.59. The predicted molar refractivity (Wildman–Crippen MR) is 62.7 cm³/mol. The van der Waals surface area contributed by atoms with Crippen LogP contribution in [0.15, 0.2) is 6.33 Å². The predicted octanol–water partition coefficient (Wildman–Crippen LogP) is 0.467. The van der Waals surface area contributed by atoms with Crippen LogP contribution in [0.5, 0.6) is 0 Å². The Balaban J connectivity index is 1.80. The van der Waals surface area contributed by atoms with E-state index in [1.165, 1.54) is 12.8 Å². The summed E-state index contributed by atoms with van der Waals surface area (Å²) in [6.45, 7) is 4.96. The highest BCUT2D eigenvalue weighted by Gasteiger charge is 2.26. The molecule has 1 aromatic heterocycles. The molecule has 0 aromatic carbocycles. The summed E-state index contributed by atoms with van der Waals surface area (Å²) in [6.07, 6.45) is 3.97. The number of hydrogen-bond donors (Lipinski definition) is 1. The quantitative estimate of drug-likeness (QED) is 0.788. The Morgan fingerprint density at radius 3 is 2.94 bits per heavy atom. The van der Waals surface area contributed by atoms with Crippen LogP contribution in [-0.2, 0) is 13.1 Å². The smallest absolute Gasteiger partial charge is 0.140 e. The lowest BCUT2D eigenvalue weighted by Crippen LogP contribution is -2.41. The number of nitrogens with two attached hydrogens (primary N) is 1. The number of nitrogens with zero attached hydrogens (tertiary/aromatic N) is 4. The largest absolute Gasteiger partial charge is 0.328 e. The summed E-state index contributed by atoms with van der Waals surface area (Å²) in [4.78, 5) is 6.59. The molecule has 0 saturated heterocycles. The van der Waals surface area contributed by atoms with Crippen LogP contribution in [0.25, 0.3) is 0 Å². The highest BCUT2D eigenvalue weighted by atomic mass is 15.3. The second kappa shape index (κ2) is 4.93. The van der Waals surface area contributed by atoms with Gasteiger partial charge in [-0.1, -0.05) is 0 Å². The first kappa shape index (κ1) is 11.5. The normalized spacial score (nSPS) is 24.8. The number of hydrogen-bond acceptors (Lipinski definition) is 4. The van der Waals surface area contributed by atoms with Crippen molar-refractivity contribution in [1.82, 2.24) is 19.7 Å². The van der Waals surface area contributed by atoms with Gasteiger partial charge in [0.05, 0.1) is 6.54 Å². The Morgan fingerprint density at radius 2 is 2.31 bits per heavy atom. The topological polar surface area (TPSA) is 60.0 Å². The van der Waals surface area contributed by atoms with Gasteiger partial charge in [0, 0.05) is 19.1 Å². The van der Waals surface area contributed by atoms with Crippen LogP contribution in [-0.4, -0.2) is 39.3 Å². The van der Waals surface area contributed by atoms with Crippen molar-refractivity contribution in [3.8, 4) is 0 Å². The van der Waals surface area contributed by atoms with Crippen LogP contribution < -0.4 is 5.73 Å². The maximum atomic E-state index is 5.78. The maximum Gasteiger partial charge on any atom is 0.140 e. The van der Waals surface area contributed by atoms with Crippen LogP contribution in [0, 0.1) is 5.92 Å². The van der Waals surface area contributed by atoms with Crippen molar-refractivity contribution in [2.75, 3.05) is 13.6 Å². The Hall–Kier alpha value is -0.940. The van der Waals surface area contributed by atoms with Gasteiger partial charge in [0.25, 0.3) is 0 Å². The van der Waals surface area contributed by atoms with E-state index in [2.05, 4.69) is 29.0 Å². The molecule has 0 unspecified atom stereocenters. The zero-order valence-corrected chi connectivity index (χ0v) is 10.1. The molecule has 90 valence electrons. The third-order valence-corrected chi connectivity index (χ3v) is 3.25. The first-order chi connectivity index (χ1) is 7.69. The average molecular weight is 223 g/mol. The van der Waals surface area contributed by atoms with Gasteiger partial charge in [0.1, 0.15) is 12.2 Å². The van der Waals surface area contributed by atoms with E-state index in [1.807, 2.05) is 4.68 Å². The molecule has 16 heavy (non-hydrogen) atoms. The second-order valence-electron chi connectivity index (χ2n) is 4.79. The molecule has 0 bridgehead atoms. The van der Waals surface area contributed by atoms with Crippen LogP contribution in [0.2, 0.25) is 0 Å². The molecule has 1 fully saturated rings. The fraction of sp³-hybridized carbons (Fsp3) is 0.818. The number of aryl methyl sites for hydroxylation is 1. The van der Waals surface area contributed by atoms with E-state index < -0.39 is 0 Å². The summed E-state index contributed by atoms with van der Waals surface area (Å²) in [5, 5.41) is 4.17. The summed E-state index contributed by atoms with van der Waals surface area (Å²) in [5.74, 6) is 1.83. The highest BCUT2D eigenvalue weighted by Crippen LogP contribution is 2.26. The van der Waals surface area contributed by atoms with Gasteiger partial charge in [-0.2, -0.15) is 5.10 Å². The Kier molecular flexibility index (Phi) is 3.56. The standard InChI is InChI=1S/C11H21N5/c1-3-16-11(13-8-14-16)7-15(2)6-9-4-10(12)5-9/h8-10H,3-7,12H2,1-2H3. The Labute approximate surface area is 96.6 Å². The molecule has 1 heterocycles. The number of aromatic nitrogens is 3. The van der Waals surface area contributed by atoms with Crippen molar-refractivity contribution in [1.29, 1.82) is 0 Å². The zero-order valence-electron chi connectivity index (χ0n) is 10.1. The van der Waals surface area contributed by atoms with Crippen LogP contribution in [0.4, 0.5) is 0 Å². The van der Waals surface area contributed by atoms with Crippen LogP contribution >= 0.6 is 0 Å². The van der Waals surface area contributed by atoms with E-state index in [1.54, 1.807) is 6.33 Å². The molecular weight excluding hydrogens is 202 g/mol. The Bertz CT molecular complexity index is 329. The molecule has 2 rings (SSSR count). The first-order valence-electron chi connectivity index (χ1n) is 5.99. The van der Waals surface area contributed by atoms with E-state index >= 15 is 0 Å². The molecule has 0 radical (unpaired) electrons. The molecule has 5 nitrogen and oxygen atoms in total. The lowest BCUT2D eigenvalue weighted by Gasteiger charge is -2.35. The first-order valence-corrected chi connectivity index (χ1v) is 5.99. The summed E-state index contributed by atoms with van der Waals surface area (Å²) in [7, 11) is 2.14. The van der Waals surface area contributed by atoms with Crippen molar-refractivity contribution in [2.24, 2.45) is 11.7 Å². The van der Waals surface area contributed by atoms with Crippen molar-refractivity contribution >= 4 is 0 Å². The molecule has 0 amide bonds. The number of rotatable bonds is 5. The molecule has 0 aliphatic heterocycles. The zero-order chi connectivity index (χ0) is 11.5. The average Bonchev–Trinajstić information content (AvgIpc) is 2.62. The molecular formula is C11H21N5. The molecule has 2 N–H and O–H groups in total. The summed E-state index contributed by atoms with van der Waals surface area (Å²) < 4.78 is 1.95. The van der Waals surface area contributed by atoms with E-state index in [0.717, 1.165) is 31.4 Å². The monoisotopic (exact) mass is 223 g/mol. The molecule has 1 aliphatic rings. The van der Waals surface area contributed by atoms with Gasteiger partial charge < -0.3 is 5.73 Å². The molecule has 1 saturated carbocycles. The maximum absolute atomic E-state index is 5.78. The van der Waals surface area contributed by atoms with Gasteiger partial charge in [-0.25, -0.2) is 9.67 Å². The molecule has 5 heteroatoms. The third-order valence-electron chi connectivity index (χ3n) is 3.25. The lowest BCUT2D eigenvalue weighted by atomic mass is 9.81. The van der Waals surface area contributed by atoms with Gasteiger partial charge in [-0.15, -0.1) is 0 Å². The fourth-order valence-corrected chi connectivity index (χ4v) is 2.36. The lowest BCUT2D eigenvalue weighted by molar-refractivity contribution is 0.174. The molecule has 1 aliphatic carbocycles. The van der Waals surface area contributed by atoms with E-state index in [9.17, 15) is 0 Å². The Morgan fingerprint density at radius 1 is 1.56 bits per heavy atom. The van der Waals surface area contributed by atoms with Gasteiger partial charge >= 0.3 is 0 Å². The van der Waals surface area contributed by atoms with Gasteiger partial charge in [-0.3, -0.25) is 4.90 Å². The van der Waals surface area contributed by atoms with Crippen molar-refractivity contribution < 1.29 is 0 Å². The van der Waals surface area contributed by atoms with Crippen molar-refractivity contribution in [2.45, 2.75) is 38.9 Å². The van der Waals surface area contributed by atoms with Crippen molar-refractivity contribution in [3.05, 3.63) is 12.2 Å². The van der Waals surface area contributed by atoms with Gasteiger partial charge in [0.15, 0.2) is 0 Å².